The molecular formula is C23H24ClN3O4. The van der Waals surface area contributed by atoms with Crippen molar-refractivity contribution in [3.05, 3.63) is 53.1 Å². The highest BCUT2D eigenvalue weighted by Gasteiger charge is 2.43. The molecule has 1 aliphatic rings. The molecule has 4 rings (SSSR count). The topological polar surface area (TPSA) is 97.5 Å². The van der Waals surface area contributed by atoms with Crippen molar-refractivity contribution in [3.8, 4) is 28.6 Å². The van der Waals surface area contributed by atoms with E-state index in [-0.39, 0.29) is 6.10 Å². The minimum absolute atomic E-state index is 0.101. The van der Waals surface area contributed by atoms with Crippen LogP contribution in [0.1, 0.15) is 38.7 Å². The zero-order valence-corrected chi connectivity index (χ0v) is 18.1. The Labute approximate surface area is 185 Å². The molecule has 1 heterocycles. The third-order valence-corrected chi connectivity index (χ3v) is 5.73. The van der Waals surface area contributed by atoms with Crippen LogP contribution in [0.25, 0.3) is 22.8 Å². The number of carboxylic acid groups (broad SMARTS) is 1. The highest BCUT2D eigenvalue weighted by Crippen LogP contribution is 2.33. The zero-order valence-electron chi connectivity index (χ0n) is 17.4. The van der Waals surface area contributed by atoms with Crippen LogP contribution in [0.3, 0.4) is 0 Å². The van der Waals surface area contributed by atoms with Gasteiger partial charge in [-0.3, -0.25) is 10.1 Å². The summed E-state index contributed by atoms with van der Waals surface area (Å²) in [6.45, 7) is 4.37. The average molecular weight is 442 g/mol. The normalized spacial score (nSPS) is 15.0. The number of aromatic nitrogens is 2. The summed E-state index contributed by atoms with van der Waals surface area (Å²) in [4.78, 5) is 16.0. The van der Waals surface area contributed by atoms with Crippen molar-refractivity contribution in [1.82, 2.24) is 15.5 Å². The third-order valence-electron chi connectivity index (χ3n) is 5.42. The van der Waals surface area contributed by atoms with Crippen molar-refractivity contribution in [2.24, 2.45) is 0 Å². The molecule has 7 nitrogen and oxygen atoms in total. The van der Waals surface area contributed by atoms with Gasteiger partial charge in [0.25, 0.3) is 5.89 Å². The predicted molar refractivity (Wildman–Crippen MR) is 117 cm³/mol. The van der Waals surface area contributed by atoms with Crippen LogP contribution in [0.5, 0.6) is 5.75 Å². The zero-order chi connectivity index (χ0) is 22.0. The second kappa shape index (κ2) is 8.69. The van der Waals surface area contributed by atoms with Crippen molar-refractivity contribution < 1.29 is 19.2 Å². The van der Waals surface area contributed by atoms with Gasteiger partial charge < -0.3 is 14.4 Å². The number of carbonyl (C=O) groups is 1. The highest BCUT2D eigenvalue weighted by atomic mass is 35.5. The van der Waals surface area contributed by atoms with Gasteiger partial charge in [0.2, 0.25) is 5.82 Å². The summed E-state index contributed by atoms with van der Waals surface area (Å²) < 4.78 is 11.1. The number of ether oxygens (including phenoxy) is 1. The Morgan fingerprint density at radius 2 is 2.00 bits per heavy atom. The minimum Gasteiger partial charge on any atom is -0.491 e. The lowest BCUT2D eigenvalue weighted by Gasteiger charge is -2.38. The summed E-state index contributed by atoms with van der Waals surface area (Å²) in [5.74, 6) is 0.756. The van der Waals surface area contributed by atoms with Crippen LogP contribution in [0, 0.1) is 0 Å². The van der Waals surface area contributed by atoms with E-state index in [1.54, 1.807) is 6.07 Å². The molecule has 1 aromatic heterocycles. The molecule has 8 heteroatoms. The first-order valence-electron chi connectivity index (χ1n) is 10.2. The van der Waals surface area contributed by atoms with E-state index in [9.17, 15) is 9.90 Å². The van der Waals surface area contributed by atoms with Crippen molar-refractivity contribution >= 4 is 17.6 Å². The fourth-order valence-electron chi connectivity index (χ4n) is 3.52. The number of carboxylic acids is 1. The summed E-state index contributed by atoms with van der Waals surface area (Å²) in [7, 11) is 0. The standard InChI is InChI=1S/C23H24ClN3O4/c1-14(2)30-17-7-5-16(6-8-17)21-26-20(27-31-21)18-9-4-15(12-19(18)24)13-25-23(22(28)29)10-3-11-23/h4-9,12,14,25H,3,10-11,13H2,1-2H3,(H,28,29). The Morgan fingerprint density at radius 3 is 2.58 bits per heavy atom. The molecule has 0 amide bonds. The van der Waals surface area contributed by atoms with Crippen molar-refractivity contribution in [2.45, 2.75) is 51.3 Å². The van der Waals surface area contributed by atoms with Crippen LogP contribution < -0.4 is 10.1 Å². The first-order valence-corrected chi connectivity index (χ1v) is 10.6. The van der Waals surface area contributed by atoms with Crippen molar-refractivity contribution in [1.29, 1.82) is 0 Å². The van der Waals surface area contributed by atoms with Crippen molar-refractivity contribution in [3.63, 3.8) is 0 Å². The van der Waals surface area contributed by atoms with Crippen LogP contribution in [0.4, 0.5) is 0 Å². The van der Waals surface area contributed by atoms with Crippen LogP contribution in [0.2, 0.25) is 5.02 Å². The van der Waals surface area contributed by atoms with E-state index in [1.807, 2.05) is 50.2 Å². The second-order valence-electron chi connectivity index (χ2n) is 8.02. The monoisotopic (exact) mass is 441 g/mol. The maximum absolute atomic E-state index is 11.5. The van der Waals surface area contributed by atoms with E-state index < -0.39 is 11.5 Å². The molecule has 3 aromatic rings. The highest BCUT2D eigenvalue weighted by molar-refractivity contribution is 6.33. The number of aliphatic carboxylic acids is 1. The number of hydrogen-bond acceptors (Lipinski definition) is 6. The maximum atomic E-state index is 11.5. The second-order valence-corrected chi connectivity index (χ2v) is 8.43. The lowest BCUT2D eigenvalue weighted by Crippen LogP contribution is -2.56. The smallest absolute Gasteiger partial charge is 0.323 e. The summed E-state index contributed by atoms with van der Waals surface area (Å²) in [6.07, 6.45) is 2.31. The van der Waals surface area contributed by atoms with Gasteiger partial charge in [0.05, 0.1) is 11.1 Å². The van der Waals surface area contributed by atoms with E-state index >= 15 is 0 Å². The molecule has 0 atom stereocenters. The molecular weight excluding hydrogens is 418 g/mol. The Morgan fingerprint density at radius 1 is 1.26 bits per heavy atom. The fourth-order valence-corrected chi connectivity index (χ4v) is 3.80. The molecule has 0 spiro atoms. The summed E-state index contributed by atoms with van der Waals surface area (Å²) in [6, 6.07) is 13.0. The quantitative estimate of drug-likeness (QED) is 0.510. The molecule has 162 valence electrons. The molecule has 1 fully saturated rings. The van der Waals surface area contributed by atoms with Gasteiger partial charge in [-0.15, -0.1) is 0 Å². The lowest BCUT2D eigenvalue weighted by molar-refractivity contribution is -0.148. The molecule has 2 aromatic carbocycles. The average Bonchev–Trinajstić information content (AvgIpc) is 3.17. The Kier molecular flexibility index (Phi) is 5.98. The van der Waals surface area contributed by atoms with E-state index in [0.717, 1.165) is 23.3 Å². The Balaban J connectivity index is 1.47. The van der Waals surface area contributed by atoms with Crippen LogP contribution >= 0.6 is 11.6 Å². The number of nitrogens with one attached hydrogen (secondary N) is 1. The third kappa shape index (κ3) is 4.57. The first-order chi connectivity index (χ1) is 14.9. The van der Waals surface area contributed by atoms with E-state index in [0.29, 0.717) is 41.7 Å². The summed E-state index contributed by atoms with van der Waals surface area (Å²) in [5.41, 5.74) is 1.51. The van der Waals surface area contributed by atoms with Gasteiger partial charge >= 0.3 is 5.97 Å². The van der Waals surface area contributed by atoms with Gasteiger partial charge in [-0.1, -0.05) is 22.8 Å². The van der Waals surface area contributed by atoms with Gasteiger partial charge in [-0.2, -0.15) is 4.98 Å². The summed E-state index contributed by atoms with van der Waals surface area (Å²) in [5, 5.41) is 17.1. The predicted octanol–water partition coefficient (Wildman–Crippen LogP) is 4.94. The van der Waals surface area contributed by atoms with Crippen LogP contribution in [-0.4, -0.2) is 32.9 Å². The Hall–Kier alpha value is -2.90. The van der Waals surface area contributed by atoms with Crippen LogP contribution in [0.15, 0.2) is 47.0 Å². The number of rotatable bonds is 8. The van der Waals surface area contributed by atoms with Gasteiger partial charge in [0.1, 0.15) is 11.3 Å². The Bertz CT molecular complexity index is 1070. The molecule has 2 N–H and O–H groups in total. The summed E-state index contributed by atoms with van der Waals surface area (Å²) >= 11 is 6.47. The SMILES string of the molecule is CC(C)Oc1ccc(-c2nc(-c3ccc(CNC4(C(=O)O)CCC4)cc3Cl)no2)cc1. The molecule has 0 bridgehead atoms. The van der Waals surface area contributed by atoms with Gasteiger partial charge in [-0.25, -0.2) is 0 Å². The van der Waals surface area contributed by atoms with Gasteiger partial charge in [0.15, 0.2) is 0 Å². The van der Waals surface area contributed by atoms with E-state index in [2.05, 4.69) is 15.5 Å². The van der Waals surface area contributed by atoms with Crippen molar-refractivity contribution in [2.75, 3.05) is 0 Å². The number of benzene rings is 2. The molecule has 31 heavy (non-hydrogen) atoms. The number of hydrogen-bond donors (Lipinski definition) is 2. The molecule has 0 radical (unpaired) electrons. The van der Waals surface area contributed by atoms with Gasteiger partial charge in [-0.05, 0) is 75.1 Å². The number of halogens is 1. The largest absolute Gasteiger partial charge is 0.491 e. The molecule has 0 aliphatic heterocycles. The fraction of sp³-hybridized carbons (Fsp3) is 0.348. The molecule has 0 saturated heterocycles. The maximum Gasteiger partial charge on any atom is 0.323 e. The molecule has 0 unspecified atom stereocenters. The van der Waals surface area contributed by atoms with Gasteiger partial charge in [0, 0.05) is 17.7 Å². The van der Waals surface area contributed by atoms with E-state index in [4.69, 9.17) is 20.9 Å². The first kappa shape index (κ1) is 21.3. The van der Waals surface area contributed by atoms with Crippen LogP contribution in [-0.2, 0) is 11.3 Å². The molecule has 1 saturated carbocycles. The lowest BCUT2D eigenvalue weighted by atomic mass is 9.76. The number of nitrogens with zero attached hydrogens (tertiary/aromatic N) is 2. The van der Waals surface area contributed by atoms with E-state index in [1.165, 1.54) is 0 Å². The molecule has 1 aliphatic carbocycles. The minimum atomic E-state index is -0.816.